The Bertz CT molecular complexity index is 836. The van der Waals surface area contributed by atoms with Crippen LogP contribution in [-0.2, 0) is 11.3 Å². The fraction of sp³-hybridized carbons (Fsp3) is 0.409. The summed E-state index contributed by atoms with van der Waals surface area (Å²) < 4.78 is 0. The van der Waals surface area contributed by atoms with Crippen LogP contribution in [-0.4, -0.2) is 28.9 Å². The maximum atomic E-state index is 12.7. The number of pyridine rings is 1. The standard InChI is InChI=1S/C22H26N4O2.2ClH/c27-21(24-14-18-8-3-4-11-23-18)16-7-5-9-17(12-16)25-22(28)20-13-15-6-1-2-10-19(15)26-20;;/h3-5,7-9,11-12,15,19-20,26H,1-2,6,10,13-14H2,(H,24,27)(H,25,28);2*1H. The number of carbonyl (C=O) groups excluding carboxylic acids is 2. The summed E-state index contributed by atoms with van der Waals surface area (Å²) in [5.41, 5.74) is 1.96. The smallest absolute Gasteiger partial charge is 0.251 e. The predicted molar refractivity (Wildman–Crippen MR) is 122 cm³/mol. The third kappa shape index (κ3) is 5.94. The molecule has 2 amide bonds. The van der Waals surface area contributed by atoms with E-state index in [9.17, 15) is 9.59 Å². The van der Waals surface area contributed by atoms with Crippen molar-refractivity contribution >= 4 is 42.3 Å². The van der Waals surface area contributed by atoms with Crippen LogP contribution in [0, 0.1) is 5.92 Å². The number of carbonyl (C=O) groups is 2. The van der Waals surface area contributed by atoms with Gasteiger partial charge in [0.1, 0.15) is 0 Å². The molecule has 2 fully saturated rings. The van der Waals surface area contributed by atoms with E-state index in [0.29, 0.717) is 29.8 Å². The van der Waals surface area contributed by atoms with Crippen molar-refractivity contribution < 1.29 is 9.59 Å². The molecule has 1 saturated heterocycles. The quantitative estimate of drug-likeness (QED) is 0.647. The normalized spacial score (nSPS) is 22.1. The van der Waals surface area contributed by atoms with Gasteiger partial charge in [0, 0.05) is 23.5 Å². The van der Waals surface area contributed by atoms with Gasteiger partial charge in [-0.25, -0.2) is 0 Å². The van der Waals surface area contributed by atoms with Gasteiger partial charge in [-0.05, 0) is 55.5 Å². The molecular weight excluding hydrogens is 423 g/mol. The summed E-state index contributed by atoms with van der Waals surface area (Å²) in [6.07, 6.45) is 7.50. The number of nitrogens with zero attached hydrogens (tertiary/aromatic N) is 1. The van der Waals surface area contributed by atoms with Gasteiger partial charge < -0.3 is 16.0 Å². The van der Waals surface area contributed by atoms with Gasteiger partial charge in [0.15, 0.2) is 0 Å². The zero-order chi connectivity index (χ0) is 19.3. The second kappa shape index (κ2) is 11.3. The zero-order valence-electron chi connectivity index (χ0n) is 16.7. The Morgan fingerprint density at radius 2 is 1.90 bits per heavy atom. The summed E-state index contributed by atoms with van der Waals surface area (Å²) in [6.45, 7) is 0.366. The molecule has 1 saturated carbocycles. The number of aromatic nitrogens is 1. The van der Waals surface area contributed by atoms with Crippen LogP contribution in [0.25, 0.3) is 0 Å². The van der Waals surface area contributed by atoms with E-state index in [1.54, 1.807) is 24.4 Å². The Hall–Kier alpha value is -2.15. The molecule has 30 heavy (non-hydrogen) atoms. The number of benzene rings is 1. The van der Waals surface area contributed by atoms with E-state index >= 15 is 0 Å². The highest BCUT2D eigenvalue weighted by atomic mass is 35.5. The van der Waals surface area contributed by atoms with Gasteiger partial charge in [0.2, 0.25) is 5.91 Å². The van der Waals surface area contributed by atoms with Crippen LogP contribution in [0.4, 0.5) is 5.69 Å². The van der Waals surface area contributed by atoms with E-state index in [0.717, 1.165) is 12.1 Å². The molecule has 0 radical (unpaired) electrons. The highest BCUT2D eigenvalue weighted by molar-refractivity contribution is 5.98. The Kier molecular flexibility index (Phi) is 9.08. The van der Waals surface area contributed by atoms with Crippen molar-refractivity contribution in [3.63, 3.8) is 0 Å². The van der Waals surface area contributed by atoms with E-state index in [4.69, 9.17) is 0 Å². The number of halogens is 2. The maximum absolute atomic E-state index is 12.7. The summed E-state index contributed by atoms with van der Waals surface area (Å²) in [7, 11) is 0. The molecule has 1 aromatic heterocycles. The van der Waals surface area contributed by atoms with Crippen molar-refractivity contribution in [2.24, 2.45) is 5.92 Å². The van der Waals surface area contributed by atoms with Crippen molar-refractivity contribution in [1.29, 1.82) is 0 Å². The third-order valence-electron chi connectivity index (χ3n) is 5.73. The Morgan fingerprint density at radius 1 is 1.07 bits per heavy atom. The number of anilines is 1. The number of hydrogen-bond donors (Lipinski definition) is 3. The van der Waals surface area contributed by atoms with Crippen molar-refractivity contribution in [1.82, 2.24) is 15.6 Å². The van der Waals surface area contributed by atoms with Crippen LogP contribution in [0.2, 0.25) is 0 Å². The summed E-state index contributed by atoms with van der Waals surface area (Å²) in [6, 6.07) is 13.0. The molecule has 2 aliphatic rings. The lowest BCUT2D eigenvalue weighted by Gasteiger charge is -2.24. The summed E-state index contributed by atoms with van der Waals surface area (Å²) in [4.78, 5) is 29.3. The SMILES string of the molecule is Cl.Cl.O=C(NCc1ccccn1)c1cccc(NC(=O)C2CC3CCCCC3N2)c1. The lowest BCUT2D eigenvalue weighted by Crippen LogP contribution is -2.39. The van der Waals surface area contributed by atoms with E-state index in [1.807, 2.05) is 24.3 Å². The fourth-order valence-electron chi connectivity index (χ4n) is 4.26. The van der Waals surface area contributed by atoms with Gasteiger partial charge in [-0.1, -0.05) is 25.0 Å². The van der Waals surface area contributed by atoms with Crippen molar-refractivity contribution in [2.45, 2.75) is 50.7 Å². The first-order valence-corrected chi connectivity index (χ1v) is 10.0. The molecule has 3 N–H and O–H groups in total. The van der Waals surface area contributed by atoms with Gasteiger partial charge in [-0.3, -0.25) is 14.6 Å². The van der Waals surface area contributed by atoms with Crippen molar-refractivity contribution in [3.8, 4) is 0 Å². The second-order valence-corrected chi connectivity index (χ2v) is 7.68. The van der Waals surface area contributed by atoms with E-state index in [-0.39, 0.29) is 42.7 Å². The van der Waals surface area contributed by atoms with Gasteiger partial charge in [0.05, 0.1) is 18.3 Å². The molecule has 1 aliphatic carbocycles. The molecule has 8 heteroatoms. The number of rotatable bonds is 5. The van der Waals surface area contributed by atoms with Crippen LogP contribution >= 0.6 is 24.8 Å². The fourth-order valence-corrected chi connectivity index (χ4v) is 4.26. The van der Waals surface area contributed by atoms with Crippen LogP contribution in [0.5, 0.6) is 0 Å². The molecule has 1 aromatic carbocycles. The highest BCUT2D eigenvalue weighted by Crippen LogP contribution is 2.33. The molecule has 3 atom stereocenters. The molecule has 162 valence electrons. The third-order valence-corrected chi connectivity index (χ3v) is 5.73. The monoisotopic (exact) mass is 450 g/mol. The Balaban J connectivity index is 0.00000160. The molecule has 0 spiro atoms. The molecule has 0 bridgehead atoms. The molecule has 6 nitrogen and oxygen atoms in total. The Labute approximate surface area is 189 Å². The number of amides is 2. The average Bonchev–Trinajstić information content (AvgIpc) is 3.17. The minimum Gasteiger partial charge on any atom is -0.346 e. The van der Waals surface area contributed by atoms with Crippen LogP contribution in [0.1, 0.15) is 48.2 Å². The maximum Gasteiger partial charge on any atom is 0.251 e. The van der Waals surface area contributed by atoms with Gasteiger partial charge in [-0.15, -0.1) is 24.8 Å². The van der Waals surface area contributed by atoms with Crippen LogP contribution in [0.3, 0.4) is 0 Å². The van der Waals surface area contributed by atoms with E-state index in [1.165, 1.54) is 25.7 Å². The lowest BCUT2D eigenvalue weighted by molar-refractivity contribution is -0.117. The molecule has 2 heterocycles. The minimum atomic E-state index is -0.188. The summed E-state index contributed by atoms with van der Waals surface area (Å²) in [5, 5.41) is 9.32. The number of nitrogens with one attached hydrogen (secondary N) is 3. The largest absolute Gasteiger partial charge is 0.346 e. The predicted octanol–water partition coefficient (Wildman–Crippen LogP) is 3.71. The zero-order valence-corrected chi connectivity index (χ0v) is 18.3. The van der Waals surface area contributed by atoms with Crippen molar-refractivity contribution in [3.05, 3.63) is 59.9 Å². The lowest BCUT2D eigenvalue weighted by atomic mass is 9.85. The first kappa shape index (κ1) is 24.1. The summed E-state index contributed by atoms with van der Waals surface area (Å²) >= 11 is 0. The second-order valence-electron chi connectivity index (χ2n) is 7.68. The first-order valence-electron chi connectivity index (χ1n) is 10.0. The molecule has 2 aromatic rings. The molecule has 1 aliphatic heterocycles. The number of hydrogen-bond acceptors (Lipinski definition) is 4. The van der Waals surface area contributed by atoms with Gasteiger partial charge in [-0.2, -0.15) is 0 Å². The number of fused-ring (bicyclic) bond motifs is 1. The molecular formula is C22H28Cl2N4O2. The Morgan fingerprint density at radius 3 is 2.67 bits per heavy atom. The molecule has 4 rings (SSSR count). The van der Waals surface area contributed by atoms with E-state index in [2.05, 4.69) is 20.9 Å². The minimum absolute atomic E-state index is 0. The van der Waals surface area contributed by atoms with Gasteiger partial charge >= 0.3 is 0 Å². The molecule has 3 unspecified atom stereocenters. The van der Waals surface area contributed by atoms with Crippen molar-refractivity contribution in [2.75, 3.05) is 5.32 Å². The first-order chi connectivity index (χ1) is 13.7. The highest BCUT2D eigenvalue weighted by Gasteiger charge is 2.38. The van der Waals surface area contributed by atoms with Crippen LogP contribution < -0.4 is 16.0 Å². The van der Waals surface area contributed by atoms with E-state index < -0.39 is 0 Å². The van der Waals surface area contributed by atoms with Gasteiger partial charge in [0.25, 0.3) is 5.91 Å². The van der Waals surface area contributed by atoms with Crippen LogP contribution in [0.15, 0.2) is 48.7 Å². The summed E-state index contributed by atoms with van der Waals surface area (Å²) in [5.74, 6) is 0.417. The average molecular weight is 451 g/mol. The topological polar surface area (TPSA) is 83.1 Å².